The summed E-state index contributed by atoms with van der Waals surface area (Å²) in [4.78, 5) is 2.29. The molecule has 1 N–H and O–H groups in total. The number of nitrogens with one attached hydrogen (secondary N) is 1. The number of rotatable bonds is 2. The normalized spacial score (nSPS) is 25.2. The van der Waals surface area contributed by atoms with Gasteiger partial charge in [0.15, 0.2) is 0 Å². The number of nitrogens with zero attached hydrogens (tertiary/aromatic N) is 2. The molecule has 0 aromatic heterocycles. The van der Waals surface area contributed by atoms with Crippen molar-refractivity contribution < 1.29 is 0 Å². The van der Waals surface area contributed by atoms with Gasteiger partial charge in [-0.25, -0.2) is 0 Å². The number of likely N-dealkylation sites (tertiary alicyclic amines) is 1. The highest BCUT2D eigenvalue weighted by Crippen LogP contribution is 2.27. The molecule has 1 saturated heterocycles. The molecule has 0 spiro atoms. The van der Waals surface area contributed by atoms with E-state index in [1.807, 2.05) is 24.3 Å². The van der Waals surface area contributed by atoms with Crippen LogP contribution in [0.15, 0.2) is 28.7 Å². The quantitative estimate of drug-likeness (QED) is 0.911. The molecule has 3 nitrogen and oxygen atoms in total. The summed E-state index contributed by atoms with van der Waals surface area (Å²) in [6, 6.07) is 10.5. The van der Waals surface area contributed by atoms with E-state index >= 15 is 0 Å². The lowest BCUT2D eigenvalue weighted by molar-refractivity contribution is 0.345. The van der Waals surface area contributed by atoms with Gasteiger partial charge in [-0.15, -0.1) is 0 Å². The number of benzene rings is 1. The van der Waals surface area contributed by atoms with Gasteiger partial charge in [0.05, 0.1) is 6.07 Å². The Hall–Kier alpha value is -1.05. The maximum Gasteiger partial charge on any atom is 0.126 e. The molecule has 0 aliphatic carbocycles. The minimum absolute atomic E-state index is 0.418. The average Bonchev–Trinajstić information content (AvgIpc) is 2.56. The zero-order valence-electron chi connectivity index (χ0n) is 10.6. The maximum atomic E-state index is 9.53. The molecule has 0 radical (unpaired) electrons. The summed E-state index contributed by atoms with van der Waals surface area (Å²) in [7, 11) is 2.12. The number of nitriles is 1. The number of hydrogen-bond acceptors (Lipinski definition) is 3. The SMILES string of the molecule is CN1CCCC(C#N)(Nc2ccc(Br)cc2)CC1. The Morgan fingerprint density at radius 2 is 2.00 bits per heavy atom. The number of halogens is 1. The molecule has 0 amide bonds. The third-order valence-corrected chi connectivity index (χ3v) is 4.03. The van der Waals surface area contributed by atoms with Crippen LogP contribution in [-0.4, -0.2) is 30.6 Å². The summed E-state index contributed by atoms with van der Waals surface area (Å²) in [5.74, 6) is 0. The zero-order valence-corrected chi connectivity index (χ0v) is 12.2. The topological polar surface area (TPSA) is 39.1 Å². The number of anilines is 1. The van der Waals surface area contributed by atoms with E-state index in [1.54, 1.807) is 0 Å². The molecule has 1 aliphatic heterocycles. The Labute approximate surface area is 117 Å². The van der Waals surface area contributed by atoms with Crippen LogP contribution < -0.4 is 5.32 Å². The first-order valence-corrected chi connectivity index (χ1v) is 7.06. The molecule has 0 bridgehead atoms. The first kappa shape index (κ1) is 13.4. The molecule has 1 aliphatic rings. The van der Waals surface area contributed by atoms with Crippen LogP contribution in [0.3, 0.4) is 0 Å². The molecule has 2 rings (SSSR count). The molecule has 96 valence electrons. The fourth-order valence-corrected chi connectivity index (χ4v) is 2.61. The molecule has 1 heterocycles. The summed E-state index contributed by atoms with van der Waals surface area (Å²) in [5, 5.41) is 13.0. The second-order valence-corrected chi connectivity index (χ2v) is 5.90. The van der Waals surface area contributed by atoms with Crippen LogP contribution >= 0.6 is 15.9 Å². The van der Waals surface area contributed by atoms with Crippen LogP contribution in [0.1, 0.15) is 19.3 Å². The first-order chi connectivity index (χ1) is 8.63. The predicted octanol–water partition coefficient (Wildman–Crippen LogP) is 3.24. The Morgan fingerprint density at radius 1 is 1.28 bits per heavy atom. The van der Waals surface area contributed by atoms with Gasteiger partial charge in [0.1, 0.15) is 5.54 Å². The molecule has 18 heavy (non-hydrogen) atoms. The smallest absolute Gasteiger partial charge is 0.126 e. The minimum atomic E-state index is -0.418. The van der Waals surface area contributed by atoms with Gasteiger partial charge in [-0.2, -0.15) is 5.26 Å². The fourth-order valence-electron chi connectivity index (χ4n) is 2.34. The van der Waals surface area contributed by atoms with E-state index in [4.69, 9.17) is 0 Å². The van der Waals surface area contributed by atoms with Gasteiger partial charge in [0.25, 0.3) is 0 Å². The van der Waals surface area contributed by atoms with Gasteiger partial charge in [0, 0.05) is 16.7 Å². The van der Waals surface area contributed by atoms with Crippen molar-refractivity contribution in [3.8, 4) is 6.07 Å². The fraction of sp³-hybridized carbons (Fsp3) is 0.500. The molecule has 1 atom stereocenters. The standard InChI is InChI=1S/C14H18BrN3/c1-18-9-2-7-14(11-16,8-10-18)17-13-5-3-12(15)4-6-13/h3-6,17H,2,7-10H2,1H3. The monoisotopic (exact) mass is 307 g/mol. The second-order valence-electron chi connectivity index (χ2n) is 4.98. The summed E-state index contributed by atoms with van der Waals surface area (Å²) in [6.45, 7) is 2.04. The highest BCUT2D eigenvalue weighted by Gasteiger charge is 2.31. The molecule has 1 fully saturated rings. The Bertz CT molecular complexity index is 437. The molecular formula is C14H18BrN3. The summed E-state index contributed by atoms with van der Waals surface area (Å²) in [6.07, 6.45) is 2.84. The lowest BCUT2D eigenvalue weighted by Crippen LogP contribution is -2.37. The van der Waals surface area contributed by atoms with Gasteiger partial charge < -0.3 is 10.2 Å². The van der Waals surface area contributed by atoms with E-state index in [2.05, 4.69) is 39.3 Å². The summed E-state index contributed by atoms with van der Waals surface area (Å²) >= 11 is 3.42. The molecule has 1 aromatic carbocycles. The highest BCUT2D eigenvalue weighted by molar-refractivity contribution is 9.10. The molecule has 4 heteroatoms. The lowest BCUT2D eigenvalue weighted by Gasteiger charge is -2.27. The van der Waals surface area contributed by atoms with Crippen molar-refractivity contribution in [2.75, 3.05) is 25.5 Å². The molecule has 1 aromatic rings. The molecule has 1 unspecified atom stereocenters. The van der Waals surface area contributed by atoms with Crippen LogP contribution in [-0.2, 0) is 0 Å². The van der Waals surface area contributed by atoms with Crippen LogP contribution in [0.5, 0.6) is 0 Å². The van der Waals surface area contributed by atoms with Crippen LogP contribution in [0.2, 0.25) is 0 Å². The van der Waals surface area contributed by atoms with Gasteiger partial charge in [-0.05, 0) is 57.1 Å². The van der Waals surface area contributed by atoms with Crippen LogP contribution in [0.25, 0.3) is 0 Å². The van der Waals surface area contributed by atoms with E-state index < -0.39 is 5.54 Å². The van der Waals surface area contributed by atoms with E-state index in [0.717, 1.165) is 42.5 Å². The van der Waals surface area contributed by atoms with Crippen molar-refractivity contribution in [1.82, 2.24) is 4.90 Å². The van der Waals surface area contributed by atoms with E-state index in [0.29, 0.717) is 0 Å². The van der Waals surface area contributed by atoms with Gasteiger partial charge in [-0.1, -0.05) is 15.9 Å². The van der Waals surface area contributed by atoms with Crippen molar-refractivity contribution >= 4 is 21.6 Å². The van der Waals surface area contributed by atoms with Crippen molar-refractivity contribution in [3.63, 3.8) is 0 Å². The largest absolute Gasteiger partial charge is 0.367 e. The zero-order chi connectivity index (χ0) is 13.0. The lowest BCUT2D eigenvalue weighted by atomic mass is 9.92. The molecular weight excluding hydrogens is 290 g/mol. The van der Waals surface area contributed by atoms with Crippen molar-refractivity contribution in [2.24, 2.45) is 0 Å². The van der Waals surface area contributed by atoms with Crippen LogP contribution in [0, 0.1) is 11.3 Å². The van der Waals surface area contributed by atoms with Crippen molar-refractivity contribution in [3.05, 3.63) is 28.7 Å². The summed E-state index contributed by atoms with van der Waals surface area (Å²) < 4.78 is 1.06. The van der Waals surface area contributed by atoms with Crippen molar-refractivity contribution in [2.45, 2.75) is 24.8 Å². The Kier molecular flexibility index (Phi) is 4.26. The third kappa shape index (κ3) is 3.24. The molecule has 0 saturated carbocycles. The minimum Gasteiger partial charge on any atom is -0.367 e. The maximum absolute atomic E-state index is 9.53. The second kappa shape index (κ2) is 5.73. The summed E-state index contributed by atoms with van der Waals surface area (Å²) in [5.41, 5.74) is 0.600. The van der Waals surface area contributed by atoms with E-state index in [1.165, 1.54) is 0 Å². The number of hydrogen-bond donors (Lipinski definition) is 1. The van der Waals surface area contributed by atoms with Gasteiger partial charge in [-0.3, -0.25) is 0 Å². The van der Waals surface area contributed by atoms with Gasteiger partial charge >= 0.3 is 0 Å². The Morgan fingerprint density at radius 3 is 2.67 bits per heavy atom. The highest BCUT2D eigenvalue weighted by atomic mass is 79.9. The van der Waals surface area contributed by atoms with Crippen LogP contribution in [0.4, 0.5) is 5.69 Å². The Balaban J connectivity index is 2.13. The first-order valence-electron chi connectivity index (χ1n) is 6.27. The van der Waals surface area contributed by atoms with E-state index in [-0.39, 0.29) is 0 Å². The average molecular weight is 308 g/mol. The third-order valence-electron chi connectivity index (χ3n) is 3.51. The van der Waals surface area contributed by atoms with Crippen molar-refractivity contribution in [1.29, 1.82) is 5.26 Å². The van der Waals surface area contributed by atoms with E-state index in [9.17, 15) is 5.26 Å². The predicted molar refractivity (Wildman–Crippen MR) is 77.5 cm³/mol. The van der Waals surface area contributed by atoms with Gasteiger partial charge in [0.2, 0.25) is 0 Å².